The molecule has 98 valence electrons. The maximum absolute atomic E-state index is 11.5. The molecular formula is C14H25NO2. The lowest BCUT2D eigenvalue weighted by Crippen LogP contribution is -2.36. The van der Waals surface area contributed by atoms with E-state index in [-0.39, 0.29) is 11.3 Å². The van der Waals surface area contributed by atoms with Crippen molar-refractivity contribution in [3.63, 3.8) is 0 Å². The van der Waals surface area contributed by atoms with Crippen molar-refractivity contribution in [2.24, 2.45) is 17.3 Å². The molecule has 2 rings (SSSR count). The monoisotopic (exact) mass is 239 g/mol. The average molecular weight is 239 g/mol. The third kappa shape index (κ3) is 2.65. The third-order valence-electron chi connectivity index (χ3n) is 4.49. The average Bonchev–Trinajstić information content (AvgIpc) is 2.57. The van der Waals surface area contributed by atoms with Crippen LogP contribution in [0.25, 0.3) is 0 Å². The summed E-state index contributed by atoms with van der Waals surface area (Å²) in [6.45, 7) is 7.25. The van der Waals surface area contributed by atoms with Crippen LogP contribution in [-0.2, 0) is 4.79 Å². The summed E-state index contributed by atoms with van der Waals surface area (Å²) in [6, 6.07) is 0. The van der Waals surface area contributed by atoms with E-state index in [0.717, 1.165) is 32.5 Å². The first-order chi connectivity index (χ1) is 8.03. The lowest BCUT2D eigenvalue weighted by atomic mass is 9.68. The van der Waals surface area contributed by atoms with E-state index < -0.39 is 5.97 Å². The van der Waals surface area contributed by atoms with Crippen molar-refractivity contribution in [2.45, 2.75) is 46.0 Å². The lowest BCUT2D eigenvalue weighted by Gasteiger charge is -2.36. The maximum Gasteiger partial charge on any atom is 0.308 e. The number of nitrogens with zero attached hydrogens (tertiary/aromatic N) is 1. The molecule has 1 heterocycles. The van der Waals surface area contributed by atoms with E-state index in [2.05, 4.69) is 18.7 Å². The normalized spacial score (nSPS) is 29.0. The Labute approximate surface area is 104 Å². The molecule has 0 aromatic heterocycles. The Bertz CT molecular complexity index is 282. The molecule has 1 N–H and O–H groups in total. The number of hydrogen-bond acceptors (Lipinski definition) is 2. The van der Waals surface area contributed by atoms with Crippen molar-refractivity contribution in [3.8, 4) is 0 Å². The summed E-state index contributed by atoms with van der Waals surface area (Å²) >= 11 is 0. The number of hydrogen-bond donors (Lipinski definition) is 1. The summed E-state index contributed by atoms with van der Waals surface area (Å²) in [5.41, 5.74) is 0.0962. The van der Waals surface area contributed by atoms with E-state index in [4.69, 9.17) is 0 Å². The van der Waals surface area contributed by atoms with Gasteiger partial charge in [0.05, 0.1) is 5.92 Å². The van der Waals surface area contributed by atoms with Gasteiger partial charge in [0.15, 0.2) is 0 Å². The van der Waals surface area contributed by atoms with E-state index >= 15 is 0 Å². The van der Waals surface area contributed by atoms with Crippen LogP contribution in [0.3, 0.4) is 0 Å². The SMILES string of the molecule is CC(C)CN1CC(C(=O)O)C2(CCCCC2)C1. The summed E-state index contributed by atoms with van der Waals surface area (Å²) in [5, 5.41) is 9.46. The Hall–Kier alpha value is -0.570. The fourth-order valence-electron chi connectivity index (χ4n) is 3.83. The molecule has 3 nitrogen and oxygen atoms in total. The summed E-state index contributed by atoms with van der Waals surface area (Å²) < 4.78 is 0. The van der Waals surface area contributed by atoms with Crippen molar-refractivity contribution in [2.75, 3.05) is 19.6 Å². The highest BCUT2D eigenvalue weighted by atomic mass is 16.4. The Morgan fingerprint density at radius 1 is 1.35 bits per heavy atom. The molecule has 0 aromatic rings. The molecule has 1 aliphatic heterocycles. The minimum absolute atomic E-state index is 0.0962. The zero-order valence-electron chi connectivity index (χ0n) is 11.1. The van der Waals surface area contributed by atoms with Gasteiger partial charge in [0.2, 0.25) is 0 Å². The second-order valence-electron chi connectivity index (χ2n) is 6.40. The van der Waals surface area contributed by atoms with E-state index in [0.29, 0.717) is 5.92 Å². The van der Waals surface area contributed by atoms with E-state index in [1.54, 1.807) is 0 Å². The predicted octanol–water partition coefficient (Wildman–Crippen LogP) is 2.61. The highest BCUT2D eigenvalue weighted by Gasteiger charge is 2.50. The van der Waals surface area contributed by atoms with Gasteiger partial charge in [0.1, 0.15) is 0 Å². The highest BCUT2D eigenvalue weighted by molar-refractivity contribution is 5.72. The van der Waals surface area contributed by atoms with Crippen molar-refractivity contribution < 1.29 is 9.90 Å². The van der Waals surface area contributed by atoms with E-state index in [9.17, 15) is 9.90 Å². The smallest absolute Gasteiger partial charge is 0.308 e. The van der Waals surface area contributed by atoms with Gasteiger partial charge >= 0.3 is 5.97 Å². The van der Waals surface area contributed by atoms with Crippen LogP contribution in [0.15, 0.2) is 0 Å². The number of rotatable bonds is 3. The van der Waals surface area contributed by atoms with Crippen LogP contribution in [0.2, 0.25) is 0 Å². The van der Waals surface area contributed by atoms with Crippen LogP contribution in [-0.4, -0.2) is 35.6 Å². The number of carboxylic acid groups (broad SMARTS) is 1. The molecule has 1 saturated heterocycles. The van der Waals surface area contributed by atoms with Crippen molar-refractivity contribution >= 4 is 5.97 Å². The molecule has 2 aliphatic rings. The minimum Gasteiger partial charge on any atom is -0.481 e. The van der Waals surface area contributed by atoms with Gasteiger partial charge in [-0.3, -0.25) is 4.79 Å². The third-order valence-corrected chi connectivity index (χ3v) is 4.49. The minimum atomic E-state index is -0.571. The molecule has 1 atom stereocenters. The first kappa shape index (κ1) is 12.9. The fourth-order valence-corrected chi connectivity index (χ4v) is 3.83. The van der Waals surface area contributed by atoms with Crippen LogP contribution >= 0.6 is 0 Å². The maximum atomic E-state index is 11.5. The van der Waals surface area contributed by atoms with Crippen LogP contribution in [0.1, 0.15) is 46.0 Å². The van der Waals surface area contributed by atoms with Gasteiger partial charge < -0.3 is 10.0 Å². The Kier molecular flexibility index (Phi) is 3.76. The van der Waals surface area contributed by atoms with Crippen LogP contribution < -0.4 is 0 Å². The predicted molar refractivity (Wildman–Crippen MR) is 67.9 cm³/mol. The quantitative estimate of drug-likeness (QED) is 0.823. The van der Waals surface area contributed by atoms with E-state index in [1.165, 1.54) is 19.3 Å². The molecule has 3 heteroatoms. The summed E-state index contributed by atoms with van der Waals surface area (Å²) in [7, 11) is 0. The largest absolute Gasteiger partial charge is 0.481 e. The van der Waals surface area contributed by atoms with Gasteiger partial charge in [-0.15, -0.1) is 0 Å². The Balaban J connectivity index is 2.09. The number of carbonyl (C=O) groups is 1. The van der Waals surface area contributed by atoms with Crippen LogP contribution in [0.4, 0.5) is 0 Å². The molecule has 1 saturated carbocycles. The van der Waals surface area contributed by atoms with Crippen molar-refractivity contribution in [1.82, 2.24) is 4.90 Å². The van der Waals surface area contributed by atoms with Gasteiger partial charge in [-0.1, -0.05) is 33.1 Å². The molecule has 0 radical (unpaired) electrons. The van der Waals surface area contributed by atoms with Gasteiger partial charge in [0, 0.05) is 19.6 Å². The zero-order chi connectivity index (χ0) is 12.5. The highest BCUT2D eigenvalue weighted by Crippen LogP contribution is 2.47. The Morgan fingerprint density at radius 2 is 2.00 bits per heavy atom. The van der Waals surface area contributed by atoms with Crippen LogP contribution in [0.5, 0.6) is 0 Å². The number of likely N-dealkylation sites (tertiary alicyclic amines) is 1. The molecule has 1 aliphatic carbocycles. The van der Waals surface area contributed by atoms with Crippen LogP contribution in [0, 0.1) is 17.3 Å². The lowest BCUT2D eigenvalue weighted by molar-refractivity contribution is -0.145. The first-order valence-electron chi connectivity index (χ1n) is 6.99. The summed E-state index contributed by atoms with van der Waals surface area (Å²) in [5.74, 6) is -0.0668. The van der Waals surface area contributed by atoms with E-state index in [1.807, 2.05) is 0 Å². The van der Waals surface area contributed by atoms with Gasteiger partial charge in [-0.2, -0.15) is 0 Å². The number of aliphatic carboxylic acids is 1. The zero-order valence-corrected chi connectivity index (χ0v) is 11.1. The molecule has 0 aromatic carbocycles. The standard InChI is InChI=1S/C14H25NO2/c1-11(2)8-15-9-12(13(16)17)14(10-15)6-4-3-5-7-14/h11-12H,3-10H2,1-2H3,(H,16,17). The van der Waals surface area contributed by atoms with Gasteiger partial charge in [-0.25, -0.2) is 0 Å². The number of carboxylic acids is 1. The molecule has 2 fully saturated rings. The molecular weight excluding hydrogens is 214 g/mol. The van der Waals surface area contributed by atoms with Gasteiger partial charge in [-0.05, 0) is 24.2 Å². The second kappa shape index (κ2) is 4.97. The Morgan fingerprint density at radius 3 is 2.53 bits per heavy atom. The first-order valence-corrected chi connectivity index (χ1v) is 6.99. The summed E-state index contributed by atoms with van der Waals surface area (Å²) in [4.78, 5) is 13.9. The molecule has 1 unspecified atom stereocenters. The summed E-state index contributed by atoms with van der Waals surface area (Å²) in [6.07, 6.45) is 5.98. The van der Waals surface area contributed by atoms with Gasteiger partial charge in [0.25, 0.3) is 0 Å². The molecule has 1 spiro atoms. The topological polar surface area (TPSA) is 40.5 Å². The molecule has 17 heavy (non-hydrogen) atoms. The molecule has 0 amide bonds. The van der Waals surface area contributed by atoms with Crippen molar-refractivity contribution in [3.05, 3.63) is 0 Å². The fraction of sp³-hybridized carbons (Fsp3) is 0.929. The second-order valence-corrected chi connectivity index (χ2v) is 6.40. The molecule has 0 bridgehead atoms. The van der Waals surface area contributed by atoms with Crippen molar-refractivity contribution in [1.29, 1.82) is 0 Å².